The number of carbonyl (C=O) groups is 1. The van der Waals surface area contributed by atoms with Crippen LogP contribution in [0.5, 0.6) is 5.75 Å². The average molecular weight is 371 g/mol. The molecule has 0 saturated carbocycles. The predicted molar refractivity (Wildman–Crippen MR) is 92.9 cm³/mol. The molecule has 1 saturated heterocycles. The van der Waals surface area contributed by atoms with E-state index in [0.29, 0.717) is 12.1 Å². The van der Waals surface area contributed by atoms with Gasteiger partial charge in [-0.1, -0.05) is 6.07 Å². The van der Waals surface area contributed by atoms with Crippen molar-refractivity contribution in [1.82, 2.24) is 14.9 Å². The number of amides is 2. The van der Waals surface area contributed by atoms with Crippen LogP contribution in [0.3, 0.4) is 0 Å². The van der Waals surface area contributed by atoms with Crippen molar-refractivity contribution in [1.29, 1.82) is 0 Å². The maximum absolute atomic E-state index is 12.2. The lowest BCUT2D eigenvalue weighted by atomic mass is 10.0. The Kier molecular flexibility index (Phi) is 6.63. The van der Waals surface area contributed by atoms with Gasteiger partial charge < -0.3 is 20.1 Å². The Labute approximate surface area is 148 Å². The zero-order valence-electron chi connectivity index (χ0n) is 14.5. The lowest BCUT2D eigenvalue weighted by molar-refractivity contribution is 0.116. The number of hydrogen-bond donors (Lipinski definition) is 3. The summed E-state index contributed by atoms with van der Waals surface area (Å²) in [6.45, 7) is 0.594. The number of aliphatic hydroxyl groups is 1. The maximum Gasteiger partial charge on any atom is 0.317 e. The summed E-state index contributed by atoms with van der Waals surface area (Å²) in [5, 5.41) is 11.9. The van der Waals surface area contributed by atoms with Gasteiger partial charge in [0.1, 0.15) is 17.3 Å². The summed E-state index contributed by atoms with van der Waals surface area (Å²) in [6, 6.07) is 4.26. The molecule has 0 aromatic heterocycles. The molecule has 9 heteroatoms. The van der Waals surface area contributed by atoms with Gasteiger partial charge in [-0.05, 0) is 44.0 Å². The van der Waals surface area contributed by atoms with E-state index in [4.69, 9.17) is 4.74 Å². The second-order valence-electron chi connectivity index (χ2n) is 5.86. The molecule has 1 unspecified atom stereocenters. The summed E-state index contributed by atoms with van der Waals surface area (Å²) < 4.78 is 32.5. The monoisotopic (exact) mass is 371 g/mol. The fourth-order valence-corrected chi connectivity index (χ4v) is 3.78. The molecular formula is C16H25N3O5S. The number of urea groups is 1. The first kappa shape index (κ1) is 19.5. The number of nitrogens with zero attached hydrogens (tertiary/aromatic N) is 1. The summed E-state index contributed by atoms with van der Waals surface area (Å²) in [6.07, 6.45) is 2.73. The Bertz CT molecular complexity index is 708. The first-order chi connectivity index (χ1) is 11.9. The third-order valence-electron chi connectivity index (χ3n) is 4.28. The Hall–Kier alpha value is -1.84. The van der Waals surface area contributed by atoms with Crippen molar-refractivity contribution in [3.05, 3.63) is 23.8 Å². The van der Waals surface area contributed by atoms with Crippen LogP contribution in [0.25, 0.3) is 0 Å². The zero-order chi connectivity index (χ0) is 18.4. The fourth-order valence-electron chi connectivity index (χ4n) is 2.86. The minimum Gasteiger partial charge on any atom is -0.490 e. The van der Waals surface area contributed by atoms with Crippen LogP contribution in [-0.2, 0) is 16.6 Å². The van der Waals surface area contributed by atoms with Gasteiger partial charge in [-0.2, -0.15) is 0 Å². The molecular weight excluding hydrogens is 346 g/mol. The molecule has 1 aliphatic rings. The minimum absolute atomic E-state index is 0.0242. The first-order valence-electron chi connectivity index (χ1n) is 8.21. The normalized spacial score (nSPS) is 18.0. The second kappa shape index (κ2) is 8.50. The van der Waals surface area contributed by atoms with E-state index in [2.05, 4.69) is 10.0 Å². The molecule has 1 aliphatic heterocycles. The highest BCUT2D eigenvalue weighted by molar-refractivity contribution is 7.89. The van der Waals surface area contributed by atoms with Crippen LogP contribution < -0.4 is 14.8 Å². The SMILES string of the molecule is CNC(=O)N1CCCCC1COc1ccc(CO)cc1S(=O)(=O)NC. The number of carbonyl (C=O) groups excluding carboxylic acids is 1. The van der Waals surface area contributed by atoms with Gasteiger partial charge in [0.05, 0.1) is 12.6 Å². The number of sulfonamides is 1. The zero-order valence-corrected chi connectivity index (χ0v) is 15.3. The standard InChI is InChI=1S/C16H25N3O5S/c1-17-16(21)19-8-4-3-5-13(19)11-24-14-7-6-12(10-20)9-15(14)25(22,23)18-2/h6-7,9,13,18,20H,3-5,8,10-11H2,1-2H3,(H,17,21). The van der Waals surface area contributed by atoms with Gasteiger partial charge in [-0.25, -0.2) is 17.9 Å². The number of ether oxygens (including phenoxy) is 1. The van der Waals surface area contributed by atoms with Gasteiger partial charge in [0.2, 0.25) is 10.0 Å². The van der Waals surface area contributed by atoms with Crippen LogP contribution in [0.4, 0.5) is 4.79 Å². The van der Waals surface area contributed by atoms with Crippen molar-refractivity contribution in [3.8, 4) is 5.75 Å². The summed E-state index contributed by atoms with van der Waals surface area (Å²) in [4.78, 5) is 13.7. The van der Waals surface area contributed by atoms with Crippen LogP contribution in [0.1, 0.15) is 24.8 Å². The fraction of sp³-hybridized carbons (Fsp3) is 0.562. The quantitative estimate of drug-likeness (QED) is 0.681. The van der Waals surface area contributed by atoms with Crippen LogP contribution >= 0.6 is 0 Å². The van der Waals surface area contributed by atoms with E-state index < -0.39 is 10.0 Å². The lowest BCUT2D eigenvalue weighted by Crippen LogP contribution is -2.50. The Morgan fingerprint density at radius 1 is 1.36 bits per heavy atom. The number of hydrogen-bond acceptors (Lipinski definition) is 5. The molecule has 1 heterocycles. The summed E-state index contributed by atoms with van der Waals surface area (Å²) in [5.74, 6) is 0.203. The van der Waals surface area contributed by atoms with Crippen molar-refractivity contribution in [2.45, 2.75) is 36.8 Å². The third-order valence-corrected chi connectivity index (χ3v) is 5.72. The molecule has 2 rings (SSSR count). The molecule has 25 heavy (non-hydrogen) atoms. The predicted octanol–water partition coefficient (Wildman–Crippen LogP) is 0.660. The Morgan fingerprint density at radius 3 is 2.76 bits per heavy atom. The van der Waals surface area contributed by atoms with E-state index >= 15 is 0 Å². The van der Waals surface area contributed by atoms with Gasteiger partial charge in [0.15, 0.2) is 0 Å². The topological polar surface area (TPSA) is 108 Å². The summed E-state index contributed by atoms with van der Waals surface area (Å²) >= 11 is 0. The largest absolute Gasteiger partial charge is 0.490 e. The highest BCUT2D eigenvalue weighted by Gasteiger charge is 2.27. The van der Waals surface area contributed by atoms with Gasteiger partial charge in [-0.3, -0.25) is 0 Å². The number of benzene rings is 1. The van der Waals surface area contributed by atoms with Crippen molar-refractivity contribution in [2.75, 3.05) is 27.2 Å². The molecule has 1 aromatic rings. The smallest absolute Gasteiger partial charge is 0.317 e. The molecule has 0 aliphatic carbocycles. The van der Waals surface area contributed by atoms with E-state index in [9.17, 15) is 18.3 Å². The Morgan fingerprint density at radius 2 is 2.12 bits per heavy atom. The average Bonchev–Trinajstić information content (AvgIpc) is 2.65. The van der Waals surface area contributed by atoms with Gasteiger partial charge in [0.25, 0.3) is 0 Å². The molecule has 0 spiro atoms. The van der Waals surface area contributed by atoms with Crippen LogP contribution in [0.15, 0.2) is 23.1 Å². The van der Waals surface area contributed by atoms with Crippen molar-refractivity contribution >= 4 is 16.1 Å². The molecule has 8 nitrogen and oxygen atoms in total. The van der Waals surface area contributed by atoms with E-state index in [1.54, 1.807) is 18.0 Å². The number of likely N-dealkylation sites (tertiary alicyclic amines) is 1. The molecule has 0 bridgehead atoms. The molecule has 140 valence electrons. The molecule has 1 atom stereocenters. The van der Waals surface area contributed by atoms with E-state index in [-0.39, 0.29) is 35.9 Å². The highest BCUT2D eigenvalue weighted by Crippen LogP contribution is 2.26. The van der Waals surface area contributed by atoms with Crippen molar-refractivity contribution < 1.29 is 23.1 Å². The molecule has 2 amide bonds. The number of piperidine rings is 1. The highest BCUT2D eigenvalue weighted by atomic mass is 32.2. The summed E-state index contributed by atoms with van der Waals surface area (Å²) in [5.41, 5.74) is 0.478. The lowest BCUT2D eigenvalue weighted by Gasteiger charge is -2.35. The minimum atomic E-state index is -3.73. The van der Waals surface area contributed by atoms with Crippen molar-refractivity contribution in [3.63, 3.8) is 0 Å². The maximum atomic E-state index is 12.2. The number of nitrogens with one attached hydrogen (secondary N) is 2. The second-order valence-corrected chi connectivity index (χ2v) is 7.71. The van der Waals surface area contributed by atoms with Crippen LogP contribution in [0.2, 0.25) is 0 Å². The molecule has 0 radical (unpaired) electrons. The first-order valence-corrected chi connectivity index (χ1v) is 9.69. The van der Waals surface area contributed by atoms with Gasteiger partial charge in [-0.15, -0.1) is 0 Å². The molecule has 3 N–H and O–H groups in total. The molecule has 1 aromatic carbocycles. The van der Waals surface area contributed by atoms with E-state index in [1.807, 2.05) is 0 Å². The van der Waals surface area contributed by atoms with Crippen molar-refractivity contribution in [2.24, 2.45) is 0 Å². The number of rotatable bonds is 6. The van der Waals surface area contributed by atoms with Gasteiger partial charge in [0, 0.05) is 13.6 Å². The third kappa shape index (κ3) is 4.62. The van der Waals surface area contributed by atoms with Gasteiger partial charge >= 0.3 is 6.03 Å². The number of aliphatic hydroxyl groups excluding tert-OH is 1. The van der Waals surface area contributed by atoms with Crippen LogP contribution in [-0.4, -0.2) is 57.7 Å². The van der Waals surface area contributed by atoms with Crippen LogP contribution in [0, 0.1) is 0 Å². The van der Waals surface area contributed by atoms with E-state index in [0.717, 1.165) is 19.3 Å². The molecule has 1 fully saturated rings. The summed E-state index contributed by atoms with van der Waals surface area (Å²) in [7, 11) is -0.826. The van der Waals surface area contributed by atoms with E-state index in [1.165, 1.54) is 19.2 Å². The Balaban J connectivity index is 2.20.